The van der Waals surface area contributed by atoms with Gasteiger partial charge in [-0.2, -0.15) is 0 Å². The highest BCUT2D eigenvalue weighted by atomic mass is 35.5. The molecule has 27 heavy (non-hydrogen) atoms. The van der Waals surface area contributed by atoms with Gasteiger partial charge < -0.3 is 10.6 Å². The van der Waals surface area contributed by atoms with Crippen molar-refractivity contribution in [1.82, 2.24) is 5.32 Å². The van der Waals surface area contributed by atoms with Crippen molar-refractivity contribution in [3.8, 4) is 0 Å². The third-order valence-electron chi connectivity index (χ3n) is 6.04. The van der Waals surface area contributed by atoms with Gasteiger partial charge >= 0.3 is 0 Å². The van der Waals surface area contributed by atoms with E-state index in [2.05, 4.69) is 43.5 Å². The number of halogens is 3. The molecule has 4 rings (SSSR count). The van der Waals surface area contributed by atoms with Crippen LogP contribution >= 0.6 is 34.8 Å². The van der Waals surface area contributed by atoms with E-state index >= 15 is 0 Å². The third-order valence-corrected chi connectivity index (χ3v) is 7.11. The van der Waals surface area contributed by atoms with Crippen LogP contribution in [0.15, 0.2) is 36.4 Å². The number of hydrogen-bond donors (Lipinski definition) is 2. The van der Waals surface area contributed by atoms with Gasteiger partial charge in [0.25, 0.3) is 0 Å². The number of rotatable bonds is 2. The summed E-state index contributed by atoms with van der Waals surface area (Å²) in [6.07, 6.45) is 1.07. The highest BCUT2D eigenvalue weighted by Gasteiger charge is 2.56. The molecule has 0 aliphatic carbocycles. The number of fused-ring (bicyclic) bond motifs is 2. The van der Waals surface area contributed by atoms with Crippen LogP contribution in [0, 0.1) is 5.41 Å². The summed E-state index contributed by atoms with van der Waals surface area (Å²) in [5.41, 5.74) is 3.71. The predicted octanol–water partition coefficient (Wildman–Crippen LogP) is 6.50. The van der Waals surface area contributed by atoms with Crippen LogP contribution in [0.3, 0.4) is 0 Å². The zero-order chi connectivity index (χ0) is 19.4. The first-order chi connectivity index (χ1) is 12.7. The van der Waals surface area contributed by atoms with Crippen LogP contribution in [0.4, 0.5) is 5.69 Å². The summed E-state index contributed by atoms with van der Waals surface area (Å²) in [7, 11) is 0. The summed E-state index contributed by atoms with van der Waals surface area (Å²) >= 11 is 19.3. The minimum atomic E-state index is -0.0818. The second-order valence-electron chi connectivity index (χ2n) is 9.01. The molecule has 5 heteroatoms. The van der Waals surface area contributed by atoms with Gasteiger partial charge in [0.2, 0.25) is 0 Å². The van der Waals surface area contributed by atoms with Gasteiger partial charge in [-0.15, -0.1) is 0 Å². The molecule has 0 aromatic heterocycles. The molecule has 2 aromatic rings. The first kappa shape index (κ1) is 19.4. The van der Waals surface area contributed by atoms with Crippen LogP contribution in [-0.4, -0.2) is 19.1 Å². The van der Waals surface area contributed by atoms with Crippen molar-refractivity contribution in [2.75, 3.05) is 18.4 Å². The molecule has 2 aromatic carbocycles. The maximum absolute atomic E-state index is 6.67. The minimum Gasteiger partial charge on any atom is -0.384 e. The Bertz CT molecular complexity index is 874. The molecule has 2 aliphatic heterocycles. The summed E-state index contributed by atoms with van der Waals surface area (Å²) < 4.78 is 0. The van der Waals surface area contributed by atoms with Crippen molar-refractivity contribution in [3.63, 3.8) is 0 Å². The molecule has 0 bridgehead atoms. The van der Waals surface area contributed by atoms with Crippen molar-refractivity contribution in [1.29, 1.82) is 0 Å². The molecule has 1 spiro atoms. The maximum atomic E-state index is 6.67. The van der Waals surface area contributed by atoms with Gasteiger partial charge in [0.05, 0.1) is 10.0 Å². The molecule has 1 saturated heterocycles. The van der Waals surface area contributed by atoms with Gasteiger partial charge in [0.15, 0.2) is 0 Å². The Morgan fingerprint density at radius 3 is 2.63 bits per heavy atom. The molecule has 144 valence electrons. The Hall–Kier alpha value is -0.930. The fourth-order valence-corrected chi connectivity index (χ4v) is 5.55. The van der Waals surface area contributed by atoms with Crippen LogP contribution in [-0.2, 0) is 5.41 Å². The van der Waals surface area contributed by atoms with Crippen molar-refractivity contribution >= 4 is 40.5 Å². The Kier molecular flexibility index (Phi) is 4.91. The molecule has 2 heterocycles. The normalized spacial score (nSPS) is 27.0. The van der Waals surface area contributed by atoms with Gasteiger partial charge in [-0.1, -0.05) is 73.8 Å². The van der Waals surface area contributed by atoms with E-state index in [1.165, 1.54) is 5.56 Å². The summed E-state index contributed by atoms with van der Waals surface area (Å²) in [5, 5.41) is 9.49. The van der Waals surface area contributed by atoms with Crippen molar-refractivity contribution in [3.05, 3.63) is 62.6 Å². The van der Waals surface area contributed by atoms with E-state index in [4.69, 9.17) is 34.8 Å². The summed E-state index contributed by atoms with van der Waals surface area (Å²) in [5.74, 6) is 0.242. The number of nitrogens with one attached hydrogen (secondary N) is 2. The van der Waals surface area contributed by atoms with Crippen molar-refractivity contribution in [2.45, 2.75) is 44.6 Å². The molecule has 2 nitrogen and oxygen atoms in total. The first-order valence-electron chi connectivity index (χ1n) is 9.43. The maximum Gasteiger partial charge on any atom is 0.0627 e. The molecule has 3 atom stereocenters. The lowest BCUT2D eigenvalue weighted by atomic mass is 9.64. The van der Waals surface area contributed by atoms with Crippen LogP contribution in [0.25, 0.3) is 0 Å². The quantitative estimate of drug-likeness (QED) is 0.576. The fraction of sp³-hybridized carbons (Fsp3) is 0.455. The van der Waals surface area contributed by atoms with Gasteiger partial charge in [-0.25, -0.2) is 0 Å². The zero-order valence-electron chi connectivity index (χ0n) is 15.9. The number of benzene rings is 2. The lowest BCUT2D eigenvalue weighted by Gasteiger charge is -2.39. The van der Waals surface area contributed by atoms with E-state index in [1.807, 2.05) is 24.3 Å². The molecular formula is C22H25Cl3N2. The molecule has 1 fully saturated rings. The van der Waals surface area contributed by atoms with Crippen LogP contribution in [0.2, 0.25) is 15.1 Å². The number of hydrogen-bond acceptors (Lipinski definition) is 2. The number of anilines is 1. The summed E-state index contributed by atoms with van der Waals surface area (Å²) in [6, 6.07) is 12.5. The zero-order valence-corrected chi connectivity index (χ0v) is 18.1. The van der Waals surface area contributed by atoms with Gasteiger partial charge in [-0.05, 0) is 41.2 Å². The van der Waals surface area contributed by atoms with Crippen molar-refractivity contribution < 1.29 is 0 Å². The lowest BCUT2D eigenvalue weighted by molar-refractivity contribution is 0.260. The summed E-state index contributed by atoms with van der Waals surface area (Å²) in [6.45, 7) is 8.64. The second kappa shape index (κ2) is 6.84. The third kappa shape index (κ3) is 3.25. The molecule has 0 saturated carbocycles. The van der Waals surface area contributed by atoms with Gasteiger partial charge in [-0.3, -0.25) is 0 Å². The highest BCUT2D eigenvalue weighted by Crippen LogP contribution is 2.55. The Morgan fingerprint density at radius 1 is 1.11 bits per heavy atom. The van der Waals surface area contributed by atoms with Crippen LogP contribution in [0.5, 0.6) is 0 Å². The molecule has 0 radical (unpaired) electrons. The van der Waals surface area contributed by atoms with Gasteiger partial charge in [0, 0.05) is 41.2 Å². The molecule has 2 N–H and O–H groups in total. The SMILES string of the molecule is CC(C)(C)C[C@@H]1NC[C@H](c2cccc(Cl)c2Cl)[C@]12CNc1cc(Cl)ccc12. The van der Waals surface area contributed by atoms with Crippen LogP contribution < -0.4 is 10.6 Å². The minimum absolute atomic E-state index is 0.0818. The molecule has 2 aliphatic rings. The fourth-order valence-electron chi connectivity index (χ4n) is 4.94. The average Bonchev–Trinajstić information content (AvgIpc) is 3.12. The van der Waals surface area contributed by atoms with Crippen molar-refractivity contribution in [2.24, 2.45) is 5.41 Å². The van der Waals surface area contributed by atoms with E-state index in [0.29, 0.717) is 16.1 Å². The largest absolute Gasteiger partial charge is 0.384 e. The molecule has 0 amide bonds. The predicted molar refractivity (Wildman–Crippen MR) is 117 cm³/mol. The second-order valence-corrected chi connectivity index (χ2v) is 10.2. The van der Waals surface area contributed by atoms with E-state index in [9.17, 15) is 0 Å². The molecular weight excluding hydrogens is 399 g/mol. The van der Waals surface area contributed by atoms with E-state index in [1.54, 1.807) is 0 Å². The smallest absolute Gasteiger partial charge is 0.0627 e. The van der Waals surface area contributed by atoms with Gasteiger partial charge in [0.1, 0.15) is 0 Å². The highest BCUT2D eigenvalue weighted by molar-refractivity contribution is 6.42. The van der Waals surface area contributed by atoms with E-state index in [-0.39, 0.29) is 16.7 Å². The molecule has 0 unspecified atom stereocenters. The Morgan fingerprint density at radius 2 is 1.89 bits per heavy atom. The van der Waals surface area contributed by atoms with Crippen LogP contribution in [0.1, 0.15) is 44.2 Å². The Labute approximate surface area is 176 Å². The monoisotopic (exact) mass is 422 g/mol. The topological polar surface area (TPSA) is 24.1 Å². The lowest BCUT2D eigenvalue weighted by Crippen LogP contribution is -2.46. The van der Waals surface area contributed by atoms with E-state index < -0.39 is 0 Å². The Balaban J connectivity index is 1.88. The van der Waals surface area contributed by atoms with E-state index in [0.717, 1.165) is 35.8 Å². The standard InChI is InChI=1S/C22H25Cl3N2/c1-21(2,3)10-19-22(12-27-18-9-13(23)7-8-15(18)22)16(11-26-19)14-5-4-6-17(24)20(14)25/h4-9,16,19,26-27H,10-12H2,1-3H3/t16-,19+,22-/m1/s1. The summed E-state index contributed by atoms with van der Waals surface area (Å²) in [4.78, 5) is 0. The average molecular weight is 424 g/mol. The first-order valence-corrected chi connectivity index (χ1v) is 10.6.